The van der Waals surface area contributed by atoms with Gasteiger partial charge in [-0.05, 0) is 48.6 Å². The Balaban J connectivity index is 1.35. The Hall–Kier alpha value is -3.65. The SMILES string of the molecule is Cc1oc(-c2cc3ccccc3s2)nc1CCOc1ccc(CC(C(N)=O)C(=O)O)cc1. The van der Waals surface area contributed by atoms with Crippen LogP contribution in [0.3, 0.4) is 0 Å². The monoisotopic (exact) mass is 450 g/mol. The van der Waals surface area contributed by atoms with Crippen LogP contribution in [0.1, 0.15) is 17.0 Å². The van der Waals surface area contributed by atoms with Crippen molar-refractivity contribution in [2.24, 2.45) is 11.7 Å². The fourth-order valence-electron chi connectivity index (χ4n) is 3.39. The topological polar surface area (TPSA) is 116 Å². The number of hydrogen-bond acceptors (Lipinski definition) is 6. The van der Waals surface area contributed by atoms with Gasteiger partial charge in [-0.25, -0.2) is 4.98 Å². The van der Waals surface area contributed by atoms with Gasteiger partial charge in [0.25, 0.3) is 0 Å². The summed E-state index contributed by atoms with van der Waals surface area (Å²) in [5.41, 5.74) is 6.69. The molecule has 0 saturated heterocycles. The molecule has 7 nitrogen and oxygen atoms in total. The zero-order valence-corrected chi connectivity index (χ0v) is 18.2. The van der Waals surface area contributed by atoms with Crippen LogP contribution in [-0.2, 0) is 22.4 Å². The van der Waals surface area contributed by atoms with Gasteiger partial charge < -0.3 is 20.0 Å². The van der Waals surface area contributed by atoms with Crippen molar-refractivity contribution in [1.82, 2.24) is 4.98 Å². The van der Waals surface area contributed by atoms with Gasteiger partial charge in [-0.1, -0.05) is 30.3 Å². The Labute approximate surface area is 188 Å². The van der Waals surface area contributed by atoms with Crippen molar-refractivity contribution >= 4 is 33.3 Å². The number of oxazole rings is 1. The Morgan fingerprint density at radius 1 is 1.19 bits per heavy atom. The predicted molar refractivity (Wildman–Crippen MR) is 122 cm³/mol. The minimum absolute atomic E-state index is 0.0452. The van der Waals surface area contributed by atoms with Gasteiger partial charge in [-0.2, -0.15) is 0 Å². The zero-order valence-electron chi connectivity index (χ0n) is 17.4. The van der Waals surface area contributed by atoms with Crippen LogP contribution < -0.4 is 10.5 Å². The molecule has 0 spiro atoms. The van der Waals surface area contributed by atoms with E-state index in [2.05, 4.69) is 23.2 Å². The molecule has 0 bridgehead atoms. The lowest BCUT2D eigenvalue weighted by molar-refractivity contribution is -0.145. The highest BCUT2D eigenvalue weighted by Gasteiger charge is 2.23. The van der Waals surface area contributed by atoms with Crippen molar-refractivity contribution in [1.29, 1.82) is 0 Å². The van der Waals surface area contributed by atoms with E-state index in [1.54, 1.807) is 35.6 Å². The first-order valence-electron chi connectivity index (χ1n) is 10.1. The van der Waals surface area contributed by atoms with E-state index in [1.165, 1.54) is 10.1 Å². The van der Waals surface area contributed by atoms with Gasteiger partial charge in [0, 0.05) is 11.1 Å². The van der Waals surface area contributed by atoms with E-state index in [0.717, 1.165) is 16.3 Å². The maximum Gasteiger partial charge on any atom is 0.316 e. The van der Waals surface area contributed by atoms with Gasteiger partial charge >= 0.3 is 5.97 Å². The van der Waals surface area contributed by atoms with Gasteiger partial charge in [-0.15, -0.1) is 11.3 Å². The lowest BCUT2D eigenvalue weighted by atomic mass is 9.99. The molecular formula is C24H22N2O5S. The van der Waals surface area contributed by atoms with E-state index in [4.69, 9.17) is 20.0 Å². The normalized spacial score (nSPS) is 12.0. The number of aryl methyl sites for hydroxylation is 1. The number of carbonyl (C=O) groups is 2. The van der Waals surface area contributed by atoms with E-state index in [9.17, 15) is 9.59 Å². The molecule has 32 heavy (non-hydrogen) atoms. The van der Waals surface area contributed by atoms with E-state index in [0.29, 0.717) is 30.2 Å². The van der Waals surface area contributed by atoms with Crippen LogP contribution in [0, 0.1) is 12.8 Å². The number of hydrogen-bond donors (Lipinski definition) is 2. The largest absolute Gasteiger partial charge is 0.493 e. The average molecular weight is 451 g/mol. The van der Waals surface area contributed by atoms with E-state index in [-0.39, 0.29) is 6.42 Å². The molecule has 0 aliphatic rings. The summed E-state index contributed by atoms with van der Waals surface area (Å²) >= 11 is 1.65. The Morgan fingerprint density at radius 3 is 2.62 bits per heavy atom. The number of aliphatic carboxylic acids is 1. The fraction of sp³-hybridized carbons (Fsp3) is 0.208. The molecular weight excluding hydrogens is 428 g/mol. The summed E-state index contributed by atoms with van der Waals surface area (Å²) in [6.07, 6.45) is 0.633. The number of rotatable bonds is 9. The summed E-state index contributed by atoms with van der Waals surface area (Å²) in [5.74, 6) is -1.29. The van der Waals surface area contributed by atoms with Gasteiger partial charge in [0.1, 0.15) is 17.4 Å². The quantitative estimate of drug-likeness (QED) is 0.369. The van der Waals surface area contributed by atoms with Crippen molar-refractivity contribution < 1.29 is 23.8 Å². The highest BCUT2D eigenvalue weighted by atomic mass is 32.1. The third-order valence-electron chi connectivity index (χ3n) is 5.14. The number of ether oxygens (including phenoxy) is 1. The molecule has 1 amide bonds. The molecule has 2 aromatic carbocycles. The highest BCUT2D eigenvalue weighted by Crippen LogP contribution is 2.33. The van der Waals surface area contributed by atoms with Gasteiger partial charge in [0.2, 0.25) is 11.8 Å². The number of aromatic nitrogens is 1. The maximum atomic E-state index is 11.3. The smallest absolute Gasteiger partial charge is 0.316 e. The first-order chi connectivity index (χ1) is 15.4. The van der Waals surface area contributed by atoms with Crippen molar-refractivity contribution in [2.75, 3.05) is 6.61 Å². The number of thiophene rings is 1. The van der Waals surface area contributed by atoms with Crippen LogP contribution in [0.15, 0.2) is 59.0 Å². The summed E-state index contributed by atoms with van der Waals surface area (Å²) < 4.78 is 12.9. The molecule has 4 rings (SSSR count). The van der Waals surface area contributed by atoms with Crippen LogP contribution in [-0.4, -0.2) is 28.6 Å². The molecule has 2 aromatic heterocycles. The molecule has 0 aliphatic carbocycles. The lowest BCUT2D eigenvalue weighted by Gasteiger charge is -2.10. The molecule has 8 heteroatoms. The number of amides is 1. The van der Waals surface area contributed by atoms with Gasteiger partial charge in [0.05, 0.1) is 17.2 Å². The molecule has 0 saturated carbocycles. The van der Waals surface area contributed by atoms with Crippen molar-refractivity contribution in [3.05, 3.63) is 71.6 Å². The summed E-state index contributed by atoms with van der Waals surface area (Å²) in [5, 5.41) is 10.2. The molecule has 164 valence electrons. The van der Waals surface area contributed by atoms with Crippen LogP contribution >= 0.6 is 11.3 Å². The second-order valence-electron chi connectivity index (χ2n) is 7.41. The van der Waals surface area contributed by atoms with Crippen molar-refractivity contribution in [2.45, 2.75) is 19.8 Å². The standard InChI is InChI=1S/C24H22N2O5S/c1-14-19(26-23(31-14)21-13-16-4-2-3-5-20(16)32-21)10-11-30-17-8-6-15(7-9-17)12-18(22(25)27)24(28)29/h2-9,13,18H,10-12H2,1H3,(H2,25,27)(H,28,29). The molecule has 0 aliphatic heterocycles. The summed E-state index contributed by atoms with van der Waals surface area (Å²) in [4.78, 5) is 28.0. The molecule has 0 radical (unpaired) electrons. The number of carboxylic acid groups (broad SMARTS) is 1. The summed E-state index contributed by atoms with van der Waals surface area (Å²) in [6.45, 7) is 2.31. The van der Waals surface area contributed by atoms with E-state index >= 15 is 0 Å². The maximum absolute atomic E-state index is 11.3. The number of carbonyl (C=O) groups excluding carboxylic acids is 1. The third kappa shape index (κ3) is 4.81. The van der Waals surface area contributed by atoms with Crippen molar-refractivity contribution in [3.8, 4) is 16.5 Å². The molecule has 4 aromatic rings. The zero-order chi connectivity index (χ0) is 22.7. The van der Waals surface area contributed by atoms with Crippen LogP contribution in [0.2, 0.25) is 0 Å². The minimum Gasteiger partial charge on any atom is -0.493 e. The van der Waals surface area contributed by atoms with Crippen molar-refractivity contribution in [3.63, 3.8) is 0 Å². The van der Waals surface area contributed by atoms with E-state index < -0.39 is 17.8 Å². The Kier molecular flexibility index (Phi) is 6.23. The van der Waals surface area contributed by atoms with Crippen LogP contribution in [0.5, 0.6) is 5.75 Å². The highest BCUT2D eigenvalue weighted by molar-refractivity contribution is 7.22. The predicted octanol–water partition coefficient (Wildman–Crippen LogP) is 4.21. The number of carboxylic acids is 1. The lowest BCUT2D eigenvalue weighted by Crippen LogP contribution is -2.31. The second-order valence-corrected chi connectivity index (χ2v) is 8.49. The molecule has 0 fully saturated rings. The Morgan fingerprint density at radius 2 is 1.94 bits per heavy atom. The minimum atomic E-state index is -1.24. The second kappa shape index (κ2) is 9.23. The number of fused-ring (bicyclic) bond motifs is 1. The first-order valence-corrected chi connectivity index (χ1v) is 10.9. The van der Waals surface area contributed by atoms with Crippen LogP contribution in [0.25, 0.3) is 20.9 Å². The fourth-order valence-corrected chi connectivity index (χ4v) is 4.37. The average Bonchev–Trinajstić information content (AvgIpc) is 3.36. The third-order valence-corrected chi connectivity index (χ3v) is 6.25. The number of nitrogens with zero attached hydrogens (tertiary/aromatic N) is 1. The first kappa shape index (κ1) is 21.6. The molecule has 1 unspecified atom stereocenters. The van der Waals surface area contributed by atoms with E-state index in [1.807, 2.05) is 19.1 Å². The number of benzene rings is 2. The Bertz CT molecular complexity index is 1210. The van der Waals surface area contributed by atoms with Crippen LogP contribution in [0.4, 0.5) is 0 Å². The molecule has 1 atom stereocenters. The summed E-state index contributed by atoms with van der Waals surface area (Å²) in [6, 6.07) is 17.2. The molecule has 3 N–H and O–H groups in total. The molecule has 2 heterocycles. The number of nitrogens with two attached hydrogens (primary N) is 1. The van der Waals surface area contributed by atoms with Gasteiger partial charge in [0.15, 0.2) is 0 Å². The van der Waals surface area contributed by atoms with Gasteiger partial charge in [-0.3, -0.25) is 9.59 Å². The number of primary amides is 1. The summed E-state index contributed by atoms with van der Waals surface area (Å²) in [7, 11) is 0.